The topological polar surface area (TPSA) is 62.9 Å². The summed E-state index contributed by atoms with van der Waals surface area (Å²) in [6, 6.07) is 9.88. The molecule has 0 bridgehead atoms. The Labute approximate surface area is 149 Å². The first-order valence-electron chi connectivity index (χ1n) is 8.24. The van der Waals surface area contributed by atoms with Crippen LogP contribution in [0.5, 0.6) is 23.0 Å². The summed E-state index contributed by atoms with van der Waals surface area (Å²) in [5.74, 6) is 3.13. The summed E-state index contributed by atoms with van der Waals surface area (Å²) in [4.78, 5) is 0. The van der Waals surface area contributed by atoms with Crippen LogP contribution in [-0.2, 0) is 12.8 Å². The van der Waals surface area contributed by atoms with Gasteiger partial charge in [0.05, 0.1) is 34.1 Å². The molecular formula is C20H27NO4. The van der Waals surface area contributed by atoms with Gasteiger partial charge in [0.15, 0.2) is 11.5 Å². The van der Waals surface area contributed by atoms with Gasteiger partial charge in [-0.05, 0) is 48.1 Å². The van der Waals surface area contributed by atoms with Gasteiger partial charge in [-0.1, -0.05) is 19.1 Å². The molecule has 0 aromatic heterocycles. The predicted octanol–water partition coefficient (Wildman–Crippen LogP) is 3.72. The Hall–Kier alpha value is -2.56. The number of benzene rings is 2. The molecule has 5 heteroatoms. The highest BCUT2D eigenvalue weighted by Gasteiger charge is 2.17. The molecule has 2 aromatic rings. The van der Waals surface area contributed by atoms with Crippen LogP contribution in [0, 0.1) is 5.92 Å². The highest BCUT2D eigenvalue weighted by atomic mass is 16.5. The Morgan fingerprint density at radius 2 is 1.44 bits per heavy atom. The minimum absolute atomic E-state index is 0.403. The second-order valence-electron chi connectivity index (χ2n) is 6.08. The maximum absolute atomic E-state index is 6.00. The maximum Gasteiger partial charge on any atom is 0.203 e. The van der Waals surface area contributed by atoms with Crippen LogP contribution < -0.4 is 24.7 Å². The summed E-state index contributed by atoms with van der Waals surface area (Å²) < 4.78 is 21.6. The third-order valence-electron chi connectivity index (χ3n) is 4.23. The molecular weight excluding hydrogens is 318 g/mol. The third kappa shape index (κ3) is 4.29. The van der Waals surface area contributed by atoms with E-state index in [1.54, 1.807) is 28.4 Å². The van der Waals surface area contributed by atoms with E-state index in [9.17, 15) is 0 Å². The highest BCUT2D eigenvalue weighted by Crippen LogP contribution is 2.40. The van der Waals surface area contributed by atoms with Crippen LogP contribution >= 0.6 is 0 Å². The van der Waals surface area contributed by atoms with Crippen molar-refractivity contribution in [3.8, 4) is 23.0 Å². The van der Waals surface area contributed by atoms with E-state index < -0.39 is 0 Å². The molecule has 0 aliphatic rings. The fourth-order valence-corrected chi connectivity index (χ4v) is 3.08. The van der Waals surface area contributed by atoms with Crippen molar-refractivity contribution in [3.05, 3.63) is 41.5 Å². The zero-order valence-corrected chi connectivity index (χ0v) is 15.6. The fraction of sp³-hybridized carbons (Fsp3) is 0.400. The number of hydrogen-bond acceptors (Lipinski definition) is 5. The molecule has 2 aromatic carbocycles. The van der Waals surface area contributed by atoms with Crippen LogP contribution in [0.3, 0.4) is 0 Å². The van der Waals surface area contributed by atoms with E-state index in [2.05, 4.69) is 13.0 Å². The van der Waals surface area contributed by atoms with Gasteiger partial charge in [0.2, 0.25) is 5.75 Å². The Bertz CT molecular complexity index is 715. The smallest absolute Gasteiger partial charge is 0.203 e. The number of rotatable bonds is 8. The molecule has 25 heavy (non-hydrogen) atoms. The molecule has 0 aliphatic heterocycles. The second kappa shape index (κ2) is 8.51. The van der Waals surface area contributed by atoms with Gasteiger partial charge in [0.1, 0.15) is 5.75 Å². The van der Waals surface area contributed by atoms with Gasteiger partial charge in [-0.2, -0.15) is 0 Å². The molecule has 0 fully saturated rings. The van der Waals surface area contributed by atoms with Crippen molar-refractivity contribution >= 4 is 5.69 Å². The molecule has 0 saturated heterocycles. The molecule has 0 heterocycles. The molecule has 136 valence electrons. The number of ether oxygens (including phenoxy) is 4. The SMILES string of the molecule is COc1ccc(CC(C)Cc2ccc(OC)c(OC)c2OC)cc1N. The van der Waals surface area contributed by atoms with E-state index in [4.69, 9.17) is 24.7 Å². The summed E-state index contributed by atoms with van der Waals surface area (Å²) in [5, 5.41) is 0. The van der Waals surface area contributed by atoms with Gasteiger partial charge in [0.25, 0.3) is 0 Å². The summed E-state index contributed by atoms with van der Waals surface area (Å²) in [7, 11) is 6.51. The molecule has 0 aliphatic carbocycles. The zero-order valence-electron chi connectivity index (χ0n) is 15.6. The average molecular weight is 345 g/mol. The normalized spacial score (nSPS) is 11.7. The predicted molar refractivity (Wildman–Crippen MR) is 100 cm³/mol. The first-order valence-corrected chi connectivity index (χ1v) is 8.24. The molecule has 2 rings (SSSR count). The van der Waals surface area contributed by atoms with E-state index in [1.165, 1.54) is 5.56 Å². The fourth-order valence-electron chi connectivity index (χ4n) is 3.08. The first kappa shape index (κ1) is 18.8. The van der Waals surface area contributed by atoms with E-state index in [1.807, 2.05) is 24.3 Å². The van der Waals surface area contributed by atoms with Crippen LogP contribution in [-0.4, -0.2) is 28.4 Å². The van der Waals surface area contributed by atoms with Crippen LogP contribution in [0.1, 0.15) is 18.1 Å². The minimum atomic E-state index is 0.403. The van der Waals surface area contributed by atoms with Gasteiger partial charge in [0, 0.05) is 0 Å². The lowest BCUT2D eigenvalue weighted by atomic mass is 9.93. The maximum atomic E-state index is 6.00. The van der Waals surface area contributed by atoms with Crippen LogP contribution in [0.4, 0.5) is 5.69 Å². The highest BCUT2D eigenvalue weighted by molar-refractivity contribution is 5.56. The Kier molecular flexibility index (Phi) is 6.39. The average Bonchev–Trinajstić information content (AvgIpc) is 2.61. The number of nitrogen functional groups attached to an aromatic ring is 1. The van der Waals surface area contributed by atoms with Crippen molar-refractivity contribution in [1.29, 1.82) is 0 Å². The van der Waals surface area contributed by atoms with Crippen LogP contribution in [0.2, 0.25) is 0 Å². The Morgan fingerprint density at radius 1 is 0.800 bits per heavy atom. The van der Waals surface area contributed by atoms with Crippen molar-refractivity contribution in [2.24, 2.45) is 5.92 Å². The summed E-state index contributed by atoms with van der Waals surface area (Å²) in [6.45, 7) is 2.20. The van der Waals surface area contributed by atoms with Crippen molar-refractivity contribution in [2.45, 2.75) is 19.8 Å². The van der Waals surface area contributed by atoms with Crippen molar-refractivity contribution in [3.63, 3.8) is 0 Å². The Balaban J connectivity index is 2.17. The molecule has 1 unspecified atom stereocenters. The number of nitrogens with two attached hydrogens (primary N) is 1. The van der Waals surface area contributed by atoms with Crippen molar-refractivity contribution < 1.29 is 18.9 Å². The van der Waals surface area contributed by atoms with Crippen LogP contribution in [0.25, 0.3) is 0 Å². The molecule has 1 atom stereocenters. The van der Waals surface area contributed by atoms with Gasteiger partial charge in [-0.3, -0.25) is 0 Å². The third-order valence-corrected chi connectivity index (χ3v) is 4.23. The van der Waals surface area contributed by atoms with Crippen molar-refractivity contribution in [1.82, 2.24) is 0 Å². The molecule has 5 nitrogen and oxygen atoms in total. The first-order chi connectivity index (χ1) is 12.0. The largest absolute Gasteiger partial charge is 0.495 e. The molecule has 0 amide bonds. The molecule has 0 radical (unpaired) electrons. The molecule has 0 spiro atoms. The van der Waals surface area contributed by atoms with Crippen molar-refractivity contribution in [2.75, 3.05) is 34.2 Å². The van der Waals surface area contributed by atoms with Gasteiger partial charge in [-0.25, -0.2) is 0 Å². The minimum Gasteiger partial charge on any atom is -0.495 e. The lowest BCUT2D eigenvalue weighted by Crippen LogP contribution is -2.07. The van der Waals surface area contributed by atoms with Crippen LogP contribution in [0.15, 0.2) is 30.3 Å². The molecule has 2 N–H and O–H groups in total. The lowest BCUT2D eigenvalue weighted by Gasteiger charge is -2.18. The number of methoxy groups -OCH3 is 4. The number of anilines is 1. The van der Waals surface area contributed by atoms with E-state index in [0.29, 0.717) is 28.9 Å². The number of hydrogen-bond donors (Lipinski definition) is 1. The second-order valence-corrected chi connectivity index (χ2v) is 6.08. The van der Waals surface area contributed by atoms with E-state index >= 15 is 0 Å². The lowest BCUT2D eigenvalue weighted by molar-refractivity contribution is 0.321. The van der Waals surface area contributed by atoms with Gasteiger partial charge < -0.3 is 24.7 Å². The van der Waals surface area contributed by atoms with Gasteiger partial charge >= 0.3 is 0 Å². The van der Waals surface area contributed by atoms with E-state index in [-0.39, 0.29) is 0 Å². The monoisotopic (exact) mass is 345 g/mol. The Morgan fingerprint density at radius 3 is 2.00 bits per heavy atom. The van der Waals surface area contributed by atoms with E-state index in [0.717, 1.165) is 24.2 Å². The quantitative estimate of drug-likeness (QED) is 0.739. The summed E-state index contributed by atoms with van der Waals surface area (Å²) >= 11 is 0. The summed E-state index contributed by atoms with van der Waals surface area (Å²) in [5.41, 5.74) is 8.94. The standard InChI is InChI=1S/C20H27NO4/c1-13(10-14-6-8-17(22-2)16(21)12-14)11-15-7-9-18(23-3)20(25-5)19(15)24-4/h6-9,12-13H,10-11,21H2,1-5H3. The zero-order chi connectivity index (χ0) is 18.4. The van der Waals surface area contributed by atoms with Gasteiger partial charge in [-0.15, -0.1) is 0 Å². The molecule has 0 saturated carbocycles. The summed E-state index contributed by atoms with van der Waals surface area (Å²) in [6.07, 6.45) is 1.77.